The molecule has 0 N–H and O–H groups in total. The second-order valence-electron chi connectivity index (χ2n) is 5.71. The van der Waals surface area contributed by atoms with Gasteiger partial charge in [0.1, 0.15) is 5.75 Å². The van der Waals surface area contributed by atoms with Crippen molar-refractivity contribution in [3.8, 4) is 0 Å². The molecule has 0 bridgehead atoms. The van der Waals surface area contributed by atoms with Crippen LogP contribution >= 0.6 is 0 Å². The second kappa shape index (κ2) is 5.60. The van der Waals surface area contributed by atoms with E-state index in [0.29, 0.717) is 18.2 Å². The lowest BCUT2D eigenvalue weighted by Crippen LogP contribution is -2.11. The highest BCUT2D eigenvalue weighted by atomic mass is 32.2. The summed E-state index contributed by atoms with van der Waals surface area (Å²) in [7, 11) is -3.12. The van der Waals surface area contributed by atoms with Crippen LogP contribution in [0.3, 0.4) is 0 Å². The Bertz CT molecular complexity index is 733. The number of sulfone groups is 1. The number of aromatic nitrogens is 2. The highest BCUT2D eigenvalue weighted by Crippen LogP contribution is 2.31. The van der Waals surface area contributed by atoms with E-state index in [1.54, 1.807) is 0 Å². The van der Waals surface area contributed by atoms with Gasteiger partial charge in [-0.05, 0) is 36.8 Å². The molecule has 0 radical (unpaired) electrons. The van der Waals surface area contributed by atoms with E-state index >= 15 is 0 Å². The summed E-state index contributed by atoms with van der Waals surface area (Å²) in [4.78, 5) is 4.20. The average Bonchev–Trinajstić information content (AvgIpc) is 3.10. The minimum absolute atomic E-state index is 0.124. The van der Waals surface area contributed by atoms with Crippen LogP contribution in [-0.2, 0) is 22.0 Å². The number of nitrogens with zero attached hydrogens (tertiary/aromatic N) is 2. The van der Waals surface area contributed by atoms with Gasteiger partial charge in [0.15, 0.2) is 15.7 Å². The summed E-state index contributed by atoms with van der Waals surface area (Å²) in [5.41, 5.74) is 2.26. The molecular formula is C15H18N2O3S. The number of hydrogen-bond donors (Lipinski definition) is 0. The molecule has 112 valence electrons. The molecule has 0 atom stereocenters. The zero-order valence-electron chi connectivity index (χ0n) is 11.9. The van der Waals surface area contributed by atoms with E-state index < -0.39 is 9.84 Å². The molecule has 0 aliphatic heterocycles. The molecule has 0 spiro atoms. The van der Waals surface area contributed by atoms with Crippen LogP contribution in [0.1, 0.15) is 35.7 Å². The molecule has 5 nitrogen and oxygen atoms in total. The van der Waals surface area contributed by atoms with Gasteiger partial charge in [0.2, 0.25) is 5.89 Å². The summed E-state index contributed by atoms with van der Waals surface area (Å²) in [6.45, 7) is 2.02. The summed E-state index contributed by atoms with van der Waals surface area (Å²) >= 11 is 0. The van der Waals surface area contributed by atoms with E-state index in [1.165, 1.54) is 0 Å². The van der Waals surface area contributed by atoms with Crippen molar-refractivity contribution in [1.82, 2.24) is 10.1 Å². The summed E-state index contributed by atoms with van der Waals surface area (Å²) < 4.78 is 29.1. The highest BCUT2D eigenvalue weighted by Gasteiger charge is 2.29. The fourth-order valence-corrected chi connectivity index (χ4v) is 3.97. The third-order valence-corrected chi connectivity index (χ3v) is 5.33. The minimum atomic E-state index is -3.12. The first-order valence-corrected chi connectivity index (χ1v) is 8.90. The van der Waals surface area contributed by atoms with Crippen LogP contribution in [0.5, 0.6) is 0 Å². The van der Waals surface area contributed by atoms with E-state index in [9.17, 15) is 8.42 Å². The van der Waals surface area contributed by atoms with Crippen molar-refractivity contribution in [1.29, 1.82) is 0 Å². The minimum Gasteiger partial charge on any atom is -0.339 e. The summed E-state index contributed by atoms with van der Waals surface area (Å²) in [6.07, 6.45) is 2.57. The van der Waals surface area contributed by atoms with E-state index in [0.717, 1.165) is 24.0 Å². The van der Waals surface area contributed by atoms with Crippen LogP contribution in [-0.4, -0.2) is 24.3 Å². The first-order chi connectivity index (χ1) is 10.0. The molecule has 1 aromatic carbocycles. The van der Waals surface area contributed by atoms with Gasteiger partial charge >= 0.3 is 0 Å². The smallest absolute Gasteiger partial charge is 0.231 e. The molecule has 1 fully saturated rings. The van der Waals surface area contributed by atoms with Crippen LogP contribution in [0.15, 0.2) is 28.8 Å². The maximum atomic E-state index is 12.0. The highest BCUT2D eigenvalue weighted by molar-refractivity contribution is 7.90. The van der Waals surface area contributed by atoms with Crippen molar-refractivity contribution in [3.63, 3.8) is 0 Å². The van der Waals surface area contributed by atoms with E-state index in [-0.39, 0.29) is 17.3 Å². The Balaban J connectivity index is 1.67. The summed E-state index contributed by atoms with van der Waals surface area (Å²) in [6, 6.07) is 7.96. The SMILES string of the molecule is Cc1ccccc1Cc1nc(CS(=O)(=O)CC2CC2)no1. The molecule has 1 aromatic heterocycles. The van der Waals surface area contributed by atoms with E-state index in [1.807, 2.05) is 31.2 Å². The Hall–Kier alpha value is -1.69. The lowest BCUT2D eigenvalue weighted by Gasteiger charge is -2.00. The summed E-state index contributed by atoms with van der Waals surface area (Å²) in [5, 5.41) is 3.79. The Kier molecular flexibility index (Phi) is 3.80. The van der Waals surface area contributed by atoms with Crippen molar-refractivity contribution in [2.45, 2.75) is 31.9 Å². The normalized spacial score (nSPS) is 15.3. The number of rotatable bonds is 6. The quantitative estimate of drug-likeness (QED) is 0.818. The van der Waals surface area contributed by atoms with Gasteiger partial charge in [-0.3, -0.25) is 0 Å². The zero-order chi connectivity index (χ0) is 14.9. The fraction of sp³-hybridized carbons (Fsp3) is 0.467. The first kappa shape index (κ1) is 14.3. The topological polar surface area (TPSA) is 73.1 Å². The molecule has 2 aromatic rings. The lowest BCUT2D eigenvalue weighted by atomic mass is 10.1. The van der Waals surface area contributed by atoms with Crippen LogP contribution in [0.25, 0.3) is 0 Å². The summed E-state index contributed by atoms with van der Waals surface area (Å²) in [5.74, 6) is 1.18. The molecule has 3 rings (SSSR count). The van der Waals surface area contributed by atoms with Crippen molar-refractivity contribution in [2.75, 3.05) is 5.75 Å². The van der Waals surface area contributed by atoms with Gasteiger partial charge in [0.25, 0.3) is 0 Å². The first-order valence-electron chi connectivity index (χ1n) is 7.08. The van der Waals surface area contributed by atoms with Crippen LogP contribution in [0, 0.1) is 12.8 Å². The molecule has 0 saturated heterocycles. The fourth-order valence-electron chi connectivity index (χ4n) is 2.29. The molecule has 1 aliphatic carbocycles. The monoisotopic (exact) mass is 306 g/mol. The third-order valence-electron chi connectivity index (χ3n) is 3.65. The molecule has 6 heteroatoms. The standard InChI is InChI=1S/C15H18N2O3S/c1-11-4-2-3-5-13(11)8-15-16-14(17-20-15)10-21(18,19)9-12-6-7-12/h2-5,12H,6-10H2,1H3. The van der Waals surface area contributed by atoms with Gasteiger partial charge in [0.05, 0.1) is 12.2 Å². The Morgan fingerprint density at radius 1 is 1.29 bits per heavy atom. The zero-order valence-corrected chi connectivity index (χ0v) is 12.8. The van der Waals surface area contributed by atoms with E-state index in [4.69, 9.17) is 4.52 Å². The number of hydrogen-bond acceptors (Lipinski definition) is 5. The molecule has 21 heavy (non-hydrogen) atoms. The molecular weight excluding hydrogens is 288 g/mol. The number of aryl methyl sites for hydroxylation is 1. The molecule has 1 saturated carbocycles. The predicted octanol–water partition coefficient (Wildman–Crippen LogP) is 2.29. The van der Waals surface area contributed by atoms with Crippen LogP contribution in [0.4, 0.5) is 0 Å². The van der Waals surface area contributed by atoms with E-state index in [2.05, 4.69) is 10.1 Å². The van der Waals surface area contributed by atoms with Crippen LogP contribution < -0.4 is 0 Å². The maximum absolute atomic E-state index is 12.0. The molecule has 0 amide bonds. The molecule has 1 heterocycles. The Morgan fingerprint density at radius 3 is 2.76 bits per heavy atom. The van der Waals surface area contributed by atoms with Gasteiger partial charge in [-0.2, -0.15) is 4.98 Å². The van der Waals surface area contributed by atoms with Gasteiger partial charge < -0.3 is 4.52 Å². The van der Waals surface area contributed by atoms with Gasteiger partial charge in [-0.25, -0.2) is 8.42 Å². The van der Waals surface area contributed by atoms with Gasteiger partial charge in [-0.1, -0.05) is 29.4 Å². The van der Waals surface area contributed by atoms with Crippen LogP contribution in [0.2, 0.25) is 0 Å². The second-order valence-corrected chi connectivity index (χ2v) is 7.81. The van der Waals surface area contributed by atoms with Crippen molar-refractivity contribution in [2.24, 2.45) is 5.92 Å². The number of benzene rings is 1. The van der Waals surface area contributed by atoms with Gasteiger partial charge in [0, 0.05) is 0 Å². The lowest BCUT2D eigenvalue weighted by molar-refractivity contribution is 0.380. The van der Waals surface area contributed by atoms with Gasteiger partial charge in [-0.15, -0.1) is 0 Å². The molecule has 1 aliphatic rings. The Morgan fingerprint density at radius 2 is 2.05 bits per heavy atom. The maximum Gasteiger partial charge on any atom is 0.231 e. The largest absolute Gasteiger partial charge is 0.339 e. The Labute approximate surface area is 124 Å². The van der Waals surface area contributed by atoms with Crippen molar-refractivity contribution < 1.29 is 12.9 Å². The van der Waals surface area contributed by atoms with Crippen molar-refractivity contribution >= 4 is 9.84 Å². The van der Waals surface area contributed by atoms with Crippen molar-refractivity contribution in [3.05, 3.63) is 47.1 Å². The molecule has 0 unspecified atom stereocenters. The average molecular weight is 306 g/mol. The third kappa shape index (κ3) is 3.91. The predicted molar refractivity (Wildman–Crippen MR) is 78.5 cm³/mol.